The number of rotatable bonds is 3. The molecule has 0 fully saturated rings. The van der Waals surface area contributed by atoms with Crippen LogP contribution in [0.15, 0.2) is 18.2 Å². The molecule has 0 saturated heterocycles. The summed E-state index contributed by atoms with van der Waals surface area (Å²) >= 11 is 2.03. The van der Waals surface area contributed by atoms with E-state index in [1.807, 2.05) is 29.8 Å². The molecule has 1 atom stereocenters. The minimum Gasteiger partial charge on any atom is -0.496 e. The van der Waals surface area contributed by atoms with Gasteiger partial charge in [-0.25, -0.2) is 4.39 Å². The fraction of sp³-hybridized carbons (Fsp3) is 0.333. The number of ether oxygens (including phenoxy) is 1. The molecule has 1 unspecified atom stereocenters. The summed E-state index contributed by atoms with van der Waals surface area (Å²) < 4.78 is 21.0. The second kappa shape index (κ2) is 4.76. The van der Waals surface area contributed by atoms with E-state index in [1.54, 1.807) is 13.2 Å². The van der Waals surface area contributed by atoms with Gasteiger partial charge >= 0.3 is 0 Å². The van der Waals surface area contributed by atoms with Crippen LogP contribution in [-0.4, -0.2) is 7.11 Å². The van der Waals surface area contributed by atoms with Crippen LogP contribution in [0, 0.1) is 5.82 Å². The highest BCUT2D eigenvalue weighted by atomic mass is 127. The molecule has 0 heterocycles. The van der Waals surface area contributed by atoms with Crippen molar-refractivity contribution in [2.24, 2.45) is 0 Å². The predicted molar refractivity (Wildman–Crippen MR) is 58.5 cm³/mol. The van der Waals surface area contributed by atoms with Gasteiger partial charge in [0.15, 0.2) is 0 Å². The highest BCUT2D eigenvalue weighted by Gasteiger charge is 2.10. The van der Waals surface area contributed by atoms with E-state index in [2.05, 4.69) is 3.53 Å². The van der Waals surface area contributed by atoms with E-state index in [-0.39, 0.29) is 11.9 Å². The van der Waals surface area contributed by atoms with Crippen molar-refractivity contribution < 1.29 is 9.13 Å². The number of nitrogens with one attached hydrogen (secondary N) is 1. The van der Waals surface area contributed by atoms with Crippen molar-refractivity contribution in [1.29, 1.82) is 0 Å². The first-order valence-electron chi connectivity index (χ1n) is 3.88. The van der Waals surface area contributed by atoms with Gasteiger partial charge in [-0.3, -0.25) is 3.53 Å². The summed E-state index contributed by atoms with van der Waals surface area (Å²) in [6, 6.07) is 4.58. The zero-order valence-electron chi connectivity index (χ0n) is 7.47. The van der Waals surface area contributed by atoms with Gasteiger partial charge in [-0.05, 0) is 25.1 Å². The van der Waals surface area contributed by atoms with Crippen molar-refractivity contribution in [3.05, 3.63) is 29.6 Å². The quantitative estimate of drug-likeness (QED) is 0.684. The number of hydrogen-bond donors (Lipinski definition) is 1. The van der Waals surface area contributed by atoms with Gasteiger partial charge in [0.2, 0.25) is 0 Å². The molecular formula is C9H11FINO. The lowest BCUT2D eigenvalue weighted by Crippen LogP contribution is -2.07. The molecule has 0 aromatic heterocycles. The second-order valence-corrected chi connectivity index (χ2v) is 3.34. The molecular weight excluding hydrogens is 284 g/mol. The number of benzene rings is 1. The van der Waals surface area contributed by atoms with Gasteiger partial charge < -0.3 is 4.74 Å². The van der Waals surface area contributed by atoms with Crippen LogP contribution in [0.2, 0.25) is 0 Å². The van der Waals surface area contributed by atoms with Crippen LogP contribution in [0.5, 0.6) is 5.75 Å². The zero-order valence-corrected chi connectivity index (χ0v) is 9.63. The van der Waals surface area contributed by atoms with E-state index >= 15 is 0 Å². The minimum absolute atomic E-state index is 0.0752. The summed E-state index contributed by atoms with van der Waals surface area (Å²) in [5.41, 5.74) is 0.830. The van der Waals surface area contributed by atoms with Crippen LogP contribution in [0.1, 0.15) is 18.5 Å². The maximum Gasteiger partial charge on any atom is 0.123 e. The Kier molecular flexibility index (Phi) is 3.92. The first-order chi connectivity index (χ1) is 6.19. The largest absolute Gasteiger partial charge is 0.496 e. The Morgan fingerprint density at radius 2 is 2.23 bits per heavy atom. The lowest BCUT2D eigenvalue weighted by atomic mass is 10.1. The van der Waals surface area contributed by atoms with Crippen LogP contribution < -0.4 is 8.27 Å². The molecule has 0 bridgehead atoms. The first kappa shape index (κ1) is 10.7. The lowest BCUT2D eigenvalue weighted by molar-refractivity contribution is 0.405. The van der Waals surface area contributed by atoms with Crippen LogP contribution in [-0.2, 0) is 0 Å². The third-order valence-electron chi connectivity index (χ3n) is 1.82. The van der Waals surface area contributed by atoms with Crippen molar-refractivity contribution in [3.8, 4) is 5.75 Å². The summed E-state index contributed by atoms with van der Waals surface area (Å²) in [7, 11) is 1.58. The average Bonchev–Trinajstić information content (AvgIpc) is 2.16. The molecule has 0 amide bonds. The van der Waals surface area contributed by atoms with Gasteiger partial charge in [-0.15, -0.1) is 0 Å². The SMILES string of the molecule is COc1ccc(F)cc1C(C)NI. The minimum atomic E-state index is -0.241. The molecule has 0 aliphatic heterocycles. The van der Waals surface area contributed by atoms with Gasteiger partial charge in [-0.2, -0.15) is 0 Å². The molecule has 1 rings (SSSR count). The van der Waals surface area contributed by atoms with Crippen molar-refractivity contribution in [1.82, 2.24) is 3.53 Å². The van der Waals surface area contributed by atoms with Crippen LogP contribution in [0.25, 0.3) is 0 Å². The topological polar surface area (TPSA) is 21.3 Å². The van der Waals surface area contributed by atoms with Crippen LogP contribution >= 0.6 is 22.9 Å². The first-order valence-corrected chi connectivity index (χ1v) is 4.96. The Morgan fingerprint density at radius 3 is 2.77 bits per heavy atom. The maximum atomic E-state index is 12.9. The van der Waals surface area contributed by atoms with E-state index in [1.165, 1.54) is 12.1 Å². The molecule has 4 heteroatoms. The summed E-state index contributed by atoms with van der Waals surface area (Å²) in [5, 5.41) is 0. The van der Waals surface area contributed by atoms with E-state index in [0.717, 1.165) is 5.56 Å². The third-order valence-corrected chi connectivity index (χ3v) is 2.76. The Hall–Kier alpha value is -0.360. The molecule has 1 aromatic rings. The van der Waals surface area contributed by atoms with E-state index < -0.39 is 0 Å². The van der Waals surface area contributed by atoms with Crippen molar-refractivity contribution in [2.75, 3.05) is 7.11 Å². The van der Waals surface area contributed by atoms with Crippen molar-refractivity contribution in [2.45, 2.75) is 13.0 Å². The average molecular weight is 295 g/mol. The number of hydrogen-bond acceptors (Lipinski definition) is 2. The Bertz CT molecular complexity index is 293. The van der Waals surface area contributed by atoms with Gasteiger partial charge in [0.05, 0.1) is 7.11 Å². The van der Waals surface area contributed by atoms with Crippen molar-refractivity contribution >= 4 is 22.9 Å². The molecule has 0 aliphatic carbocycles. The maximum absolute atomic E-state index is 12.9. The molecule has 2 nitrogen and oxygen atoms in total. The summed E-state index contributed by atoms with van der Waals surface area (Å²) in [4.78, 5) is 0. The molecule has 0 radical (unpaired) electrons. The Morgan fingerprint density at radius 1 is 1.54 bits per heavy atom. The molecule has 1 N–H and O–H groups in total. The predicted octanol–water partition coefficient (Wildman–Crippen LogP) is 2.83. The fourth-order valence-electron chi connectivity index (χ4n) is 1.10. The third kappa shape index (κ3) is 2.54. The molecule has 72 valence electrons. The number of halogens is 2. The number of methoxy groups -OCH3 is 1. The van der Waals surface area contributed by atoms with E-state index in [9.17, 15) is 4.39 Å². The Balaban J connectivity index is 3.07. The fourth-order valence-corrected chi connectivity index (χ4v) is 1.44. The van der Waals surface area contributed by atoms with Crippen LogP contribution in [0.4, 0.5) is 4.39 Å². The summed E-state index contributed by atoms with van der Waals surface area (Å²) in [6.45, 7) is 1.95. The van der Waals surface area contributed by atoms with Crippen molar-refractivity contribution in [3.63, 3.8) is 0 Å². The van der Waals surface area contributed by atoms with Gasteiger partial charge in [-0.1, -0.05) is 0 Å². The highest BCUT2D eigenvalue weighted by molar-refractivity contribution is 14.1. The molecule has 0 spiro atoms. The van der Waals surface area contributed by atoms with Gasteiger partial charge in [0.1, 0.15) is 11.6 Å². The molecule has 13 heavy (non-hydrogen) atoms. The normalized spacial score (nSPS) is 12.6. The molecule has 0 aliphatic rings. The van der Waals surface area contributed by atoms with Gasteiger partial charge in [0, 0.05) is 34.5 Å². The lowest BCUT2D eigenvalue weighted by Gasteiger charge is -2.13. The van der Waals surface area contributed by atoms with E-state index in [4.69, 9.17) is 4.74 Å². The highest BCUT2D eigenvalue weighted by Crippen LogP contribution is 2.26. The standard InChI is InChI=1S/C9H11FINO/c1-6(12-11)8-5-7(10)3-4-9(8)13-2/h3-6,12H,1-2H3. The molecule has 0 saturated carbocycles. The summed E-state index contributed by atoms with van der Waals surface area (Å²) in [5.74, 6) is 0.465. The monoisotopic (exact) mass is 295 g/mol. The smallest absolute Gasteiger partial charge is 0.123 e. The second-order valence-electron chi connectivity index (χ2n) is 2.72. The molecule has 1 aromatic carbocycles. The van der Waals surface area contributed by atoms with Crippen LogP contribution in [0.3, 0.4) is 0 Å². The Labute approximate surface area is 91.0 Å². The zero-order chi connectivity index (χ0) is 9.84. The van der Waals surface area contributed by atoms with E-state index in [0.29, 0.717) is 5.75 Å². The summed E-state index contributed by atoms with van der Waals surface area (Å²) in [6.07, 6.45) is 0. The van der Waals surface area contributed by atoms with Gasteiger partial charge in [0.25, 0.3) is 0 Å².